The zero-order chi connectivity index (χ0) is 6.85. The number of aromatic hydroxyl groups is 1. The van der Waals surface area contributed by atoms with Gasteiger partial charge < -0.3 is 5.11 Å². The lowest BCUT2D eigenvalue weighted by Crippen LogP contribution is -1.80. The number of rotatable bonds is 1. The highest BCUT2D eigenvalue weighted by Crippen LogP contribution is 2.26. The van der Waals surface area contributed by atoms with Crippen molar-refractivity contribution in [1.82, 2.24) is 4.98 Å². The van der Waals surface area contributed by atoms with Crippen molar-refractivity contribution < 1.29 is 5.11 Å². The molecule has 0 unspecified atom stereocenters. The number of aromatic nitrogens is 1. The Balaban J connectivity index is 2.94. The summed E-state index contributed by atoms with van der Waals surface area (Å²) in [6.45, 7) is 4.03. The topological polar surface area (TPSA) is 33.1 Å². The van der Waals surface area contributed by atoms with Gasteiger partial charge in [0.1, 0.15) is 0 Å². The van der Waals surface area contributed by atoms with Crippen molar-refractivity contribution >= 4 is 11.3 Å². The molecule has 1 aromatic heterocycles. The molecular formula is C6H8NOS. The van der Waals surface area contributed by atoms with Gasteiger partial charge in [-0.15, -0.1) is 11.3 Å². The first-order valence-corrected chi connectivity index (χ1v) is 3.59. The van der Waals surface area contributed by atoms with Crippen LogP contribution in [0.1, 0.15) is 24.6 Å². The molecule has 0 saturated carbocycles. The summed E-state index contributed by atoms with van der Waals surface area (Å²) in [5.41, 5.74) is 2.62. The zero-order valence-electron chi connectivity index (χ0n) is 5.38. The van der Waals surface area contributed by atoms with Gasteiger partial charge in [0.05, 0.1) is 4.88 Å². The third-order valence-corrected chi connectivity index (χ3v) is 2.11. The molecule has 0 saturated heterocycles. The Kier molecular flexibility index (Phi) is 1.71. The molecule has 0 aliphatic carbocycles. The van der Waals surface area contributed by atoms with Gasteiger partial charge in [-0.05, 0) is 5.92 Å². The van der Waals surface area contributed by atoms with Crippen LogP contribution >= 0.6 is 11.3 Å². The lowest BCUT2D eigenvalue weighted by molar-refractivity contribution is 0.448. The molecule has 2 nitrogen and oxygen atoms in total. The maximum absolute atomic E-state index is 8.99. The van der Waals surface area contributed by atoms with Crippen molar-refractivity contribution in [2.24, 2.45) is 0 Å². The summed E-state index contributed by atoms with van der Waals surface area (Å²) in [7, 11) is 0. The van der Waals surface area contributed by atoms with Crippen LogP contribution in [0.4, 0.5) is 0 Å². The molecule has 0 aliphatic rings. The van der Waals surface area contributed by atoms with Gasteiger partial charge in [-0.1, -0.05) is 13.8 Å². The van der Waals surface area contributed by atoms with Crippen LogP contribution in [0.5, 0.6) is 5.88 Å². The molecule has 1 aromatic rings. The molecule has 0 fully saturated rings. The van der Waals surface area contributed by atoms with Crippen molar-refractivity contribution in [3.05, 3.63) is 10.4 Å². The van der Waals surface area contributed by atoms with Crippen molar-refractivity contribution in [3.63, 3.8) is 0 Å². The molecule has 1 heterocycles. The van der Waals surface area contributed by atoms with Crippen LogP contribution in [0, 0.1) is 5.51 Å². The Morgan fingerprint density at radius 1 is 1.67 bits per heavy atom. The van der Waals surface area contributed by atoms with Gasteiger partial charge in [-0.3, -0.25) is 0 Å². The fourth-order valence-corrected chi connectivity index (χ4v) is 1.20. The molecule has 0 spiro atoms. The fourth-order valence-electron chi connectivity index (χ4n) is 0.592. The zero-order valence-corrected chi connectivity index (χ0v) is 6.20. The van der Waals surface area contributed by atoms with Crippen LogP contribution in [0.2, 0.25) is 0 Å². The Labute approximate surface area is 58.2 Å². The highest BCUT2D eigenvalue weighted by molar-refractivity contribution is 7.09. The van der Waals surface area contributed by atoms with E-state index < -0.39 is 0 Å². The maximum atomic E-state index is 8.99. The van der Waals surface area contributed by atoms with Crippen LogP contribution in [-0.4, -0.2) is 10.1 Å². The average molecular weight is 142 g/mol. The summed E-state index contributed by atoms with van der Waals surface area (Å²) in [5.74, 6) is 0.490. The summed E-state index contributed by atoms with van der Waals surface area (Å²) in [5, 5.41) is 8.99. The van der Waals surface area contributed by atoms with E-state index in [9.17, 15) is 0 Å². The number of hydrogen-bond acceptors (Lipinski definition) is 3. The minimum atomic E-state index is 0.134. The minimum Gasteiger partial charge on any atom is -0.492 e. The molecule has 49 valence electrons. The Morgan fingerprint density at radius 3 is 2.56 bits per heavy atom. The third-order valence-electron chi connectivity index (χ3n) is 1.05. The second-order valence-electron chi connectivity index (χ2n) is 2.15. The van der Waals surface area contributed by atoms with Gasteiger partial charge in [0.15, 0.2) is 5.51 Å². The quantitative estimate of drug-likeness (QED) is 0.648. The van der Waals surface area contributed by atoms with Crippen LogP contribution in [0.25, 0.3) is 0 Å². The van der Waals surface area contributed by atoms with Crippen molar-refractivity contribution in [3.8, 4) is 5.88 Å². The first-order chi connectivity index (χ1) is 4.22. The van der Waals surface area contributed by atoms with E-state index in [0.29, 0.717) is 5.92 Å². The first kappa shape index (κ1) is 6.55. The number of hydrogen-bond donors (Lipinski definition) is 1. The SMILES string of the molecule is CC(C)c1s[c]nc1O. The third kappa shape index (κ3) is 1.21. The Hall–Kier alpha value is -0.570. The first-order valence-electron chi connectivity index (χ1n) is 2.77. The van der Waals surface area contributed by atoms with Crippen LogP contribution in [0.15, 0.2) is 0 Å². The molecule has 1 N–H and O–H groups in total. The van der Waals surface area contributed by atoms with Gasteiger partial charge in [0.25, 0.3) is 0 Å². The monoisotopic (exact) mass is 142 g/mol. The normalized spacial score (nSPS) is 10.6. The summed E-state index contributed by atoms with van der Waals surface area (Å²) in [4.78, 5) is 4.50. The van der Waals surface area contributed by atoms with Crippen molar-refractivity contribution in [2.75, 3.05) is 0 Å². The van der Waals surface area contributed by atoms with E-state index in [1.807, 2.05) is 13.8 Å². The highest BCUT2D eigenvalue weighted by Gasteiger charge is 2.07. The lowest BCUT2D eigenvalue weighted by Gasteiger charge is -1.97. The largest absolute Gasteiger partial charge is 0.492 e. The van der Waals surface area contributed by atoms with Crippen LogP contribution in [0.3, 0.4) is 0 Å². The fraction of sp³-hybridized carbons (Fsp3) is 0.500. The Bertz CT molecular complexity index is 195. The van der Waals surface area contributed by atoms with Crippen LogP contribution in [-0.2, 0) is 0 Å². The number of thiazole rings is 1. The van der Waals surface area contributed by atoms with E-state index >= 15 is 0 Å². The van der Waals surface area contributed by atoms with Gasteiger partial charge in [0, 0.05) is 0 Å². The molecule has 0 aliphatic heterocycles. The van der Waals surface area contributed by atoms with E-state index in [2.05, 4.69) is 10.5 Å². The van der Waals surface area contributed by atoms with E-state index in [1.165, 1.54) is 11.3 Å². The van der Waals surface area contributed by atoms with Crippen molar-refractivity contribution in [2.45, 2.75) is 19.8 Å². The summed E-state index contributed by atoms with van der Waals surface area (Å²) >= 11 is 1.37. The summed E-state index contributed by atoms with van der Waals surface area (Å²) in [6, 6.07) is 0. The second kappa shape index (κ2) is 2.35. The van der Waals surface area contributed by atoms with Gasteiger partial charge in [-0.25, -0.2) is 0 Å². The molecule has 0 atom stereocenters. The minimum absolute atomic E-state index is 0.134. The molecule has 1 radical (unpaired) electrons. The maximum Gasteiger partial charge on any atom is 0.226 e. The second-order valence-corrected chi connectivity index (χ2v) is 2.97. The lowest BCUT2D eigenvalue weighted by atomic mass is 10.2. The molecule has 0 aromatic carbocycles. The average Bonchev–Trinajstić information content (AvgIpc) is 2.13. The standard InChI is InChI=1S/C6H8NOS/c1-4(2)5-6(8)7-3-9-5/h4,8H,1-2H3. The highest BCUT2D eigenvalue weighted by atomic mass is 32.1. The Morgan fingerprint density at radius 2 is 2.33 bits per heavy atom. The molecule has 0 bridgehead atoms. The molecular weight excluding hydrogens is 134 g/mol. The van der Waals surface area contributed by atoms with Gasteiger partial charge >= 0.3 is 0 Å². The summed E-state index contributed by atoms with van der Waals surface area (Å²) in [6.07, 6.45) is 0. The van der Waals surface area contributed by atoms with E-state index in [0.717, 1.165) is 4.88 Å². The van der Waals surface area contributed by atoms with Gasteiger partial charge in [-0.2, -0.15) is 4.98 Å². The molecule has 0 amide bonds. The molecule has 9 heavy (non-hydrogen) atoms. The van der Waals surface area contributed by atoms with Crippen LogP contribution < -0.4 is 0 Å². The number of nitrogens with zero attached hydrogens (tertiary/aromatic N) is 1. The predicted molar refractivity (Wildman–Crippen MR) is 36.7 cm³/mol. The van der Waals surface area contributed by atoms with E-state index in [4.69, 9.17) is 5.11 Å². The predicted octanol–water partition coefficient (Wildman–Crippen LogP) is 1.77. The smallest absolute Gasteiger partial charge is 0.226 e. The van der Waals surface area contributed by atoms with E-state index in [-0.39, 0.29) is 5.88 Å². The van der Waals surface area contributed by atoms with Crippen molar-refractivity contribution in [1.29, 1.82) is 0 Å². The molecule has 1 rings (SSSR count). The molecule has 3 heteroatoms. The van der Waals surface area contributed by atoms with E-state index in [1.54, 1.807) is 0 Å². The summed E-state index contributed by atoms with van der Waals surface area (Å²) < 4.78 is 0. The van der Waals surface area contributed by atoms with Gasteiger partial charge in [0.2, 0.25) is 5.88 Å².